The highest BCUT2D eigenvalue weighted by Gasteiger charge is 2.29. The van der Waals surface area contributed by atoms with Crippen molar-refractivity contribution in [3.63, 3.8) is 0 Å². The molecule has 1 aliphatic carbocycles. The molecule has 0 amide bonds. The van der Waals surface area contributed by atoms with Crippen LogP contribution in [0.3, 0.4) is 0 Å². The maximum atomic E-state index is 11.1. The van der Waals surface area contributed by atoms with E-state index in [1.165, 1.54) is 12.8 Å². The molecule has 1 nitrogen and oxygen atoms in total. The molecule has 1 aliphatic rings. The third-order valence-electron chi connectivity index (χ3n) is 2.78. The first-order valence-electron chi connectivity index (χ1n) is 4.52. The van der Waals surface area contributed by atoms with Gasteiger partial charge in [-0.05, 0) is 31.6 Å². The van der Waals surface area contributed by atoms with Gasteiger partial charge < -0.3 is 0 Å². The summed E-state index contributed by atoms with van der Waals surface area (Å²) in [5.74, 6) is 0.747. The molecule has 1 rings (SSSR count). The van der Waals surface area contributed by atoms with Crippen molar-refractivity contribution in [2.24, 2.45) is 11.3 Å². The number of Topliss-reactive ketones (excluding diaryl/α,β-unsaturated/α-hetero) is 1. The standard InChI is InChI=1S/C10H18O/c1-8(11)9-5-4-6-10(2,3)7-9/h9H,4-7H2,1-3H3/t9-/m0/s1. The molecule has 0 aromatic carbocycles. The molecule has 11 heavy (non-hydrogen) atoms. The van der Waals surface area contributed by atoms with Crippen LogP contribution in [0.25, 0.3) is 0 Å². The Balaban J connectivity index is 2.53. The third kappa shape index (κ3) is 2.32. The van der Waals surface area contributed by atoms with E-state index in [0.29, 0.717) is 17.1 Å². The fraction of sp³-hybridized carbons (Fsp3) is 0.900. The highest BCUT2D eigenvalue weighted by atomic mass is 16.1. The van der Waals surface area contributed by atoms with Crippen molar-refractivity contribution < 1.29 is 4.79 Å². The van der Waals surface area contributed by atoms with Crippen LogP contribution in [0.4, 0.5) is 0 Å². The van der Waals surface area contributed by atoms with Crippen LogP contribution in [-0.2, 0) is 4.79 Å². The molecule has 0 saturated heterocycles. The number of ketones is 1. The monoisotopic (exact) mass is 154 g/mol. The summed E-state index contributed by atoms with van der Waals surface area (Å²) in [5, 5.41) is 0. The smallest absolute Gasteiger partial charge is 0.132 e. The van der Waals surface area contributed by atoms with Crippen molar-refractivity contribution >= 4 is 5.78 Å². The van der Waals surface area contributed by atoms with Gasteiger partial charge in [0.15, 0.2) is 0 Å². The predicted octanol–water partition coefficient (Wildman–Crippen LogP) is 2.79. The normalized spacial score (nSPS) is 29.9. The van der Waals surface area contributed by atoms with Crippen LogP contribution in [0.5, 0.6) is 0 Å². The van der Waals surface area contributed by atoms with E-state index in [1.54, 1.807) is 6.92 Å². The Bertz CT molecular complexity index is 158. The van der Waals surface area contributed by atoms with E-state index in [4.69, 9.17) is 0 Å². The largest absolute Gasteiger partial charge is 0.300 e. The highest BCUT2D eigenvalue weighted by Crippen LogP contribution is 2.38. The SMILES string of the molecule is CC(=O)[C@H]1CCCC(C)(C)C1. The molecule has 0 aromatic heterocycles. The van der Waals surface area contributed by atoms with Gasteiger partial charge in [0.1, 0.15) is 5.78 Å². The molecule has 64 valence electrons. The quantitative estimate of drug-likeness (QED) is 0.567. The predicted molar refractivity (Wildman–Crippen MR) is 46.4 cm³/mol. The molecular formula is C10H18O. The summed E-state index contributed by atoms with van der Waals surface area (Å²) in [4.78, 5) is 11.1. The first kappa shape index (κ1) is 8.76. The molecule has 1 fully saturated rings. The summed E-state index contributed by atoms with van der Waals surface area (Å²) < 4.78 is 0. The van der Waals surface area contributed by atoms with E-state index >= 15 is 0 Å². The summed E-state index contributed by atoms with van der Waals surface area (Å²) in [6.07, 6.45) is 4.75. The minimum Gasteiger partial charge on any atom is -0.300 e. The fourth-order valence-corrected chi connectivity index (χ4v) is 2.05. The zero-order chi connectivity index (χ0) is 8.48. The van der Waals surface area contributed by atoms with Crippen LogP contribution in [0, 0.1) is 11.3 Å². The fourth-order valence-electron chi connectivity index (χ4n) is 2.05. The van der Waals surface area contributed by atoms with Crippen molar-refractivity contribution in [3.8, 4) is 0 Å². The van der Waals surface area contributed by atoms with Crippen molar-refractivity contribution in [2.45, 2.75) is 46.5 Å². The molecule has 0 spiro atoms. The second kappa shape index (κ2) is 2.96. The Labute approximate surface area is 69.2 Å². The Morgan fingerprint density at radius 1 is 1.45 bits per heavy atom. The van der Waals surface area contributed by atoms with Crippen molar-refractivity contribution in [2.75, 3.05) is 0 Å². The van der Waals surface area contributed by atoms with Crippen molar-refractivity contribution in [1.29, 1.82) is 0 Å². The Morgan fingerprint density at radius 3 is 2.45 bits per heavy atom. The van der Waals surface area contributed by atoms with E-state index in [1.807, 2.05) is 0 Å². The van der Waals surface area contributed by atoms with E-state index in [9.17, 15) is 4.79 Å². The van der Waals surface area contributed by atoms with Gasteiger partial charge in [-0.2, -0.15) is 0 Å². The molecule has 0 N–H and O–H groups in total. The van der Waals surface area contributed by atoms with E-state index < -0.39 is 0 Å². The van der Waals surface area contributed by atoms with Crippen LogP contribution in [0.1, 0.15) is 46.5 Å². The average Bonchev–Trinajstić information content (AvgIpc) is 1.85. The summed E-state index contributed by atoms with van der Waals surface area (Å²) in [6.45, 7) is 6.26. The molecule has 0 radical (unpaired) electrons. The highest BCUT2D eigenvalue weighted by molar-refractivity contribution is 5.78. The summed E-state index contributed by atoms with van der Waals surface area (Å²) in [7, 11) is 0. The number of carbonyl (C=O) groups is 1. The molecular weight excluding hydrogens is 136 g/mol. The van der Waals surface area contributed by atoms with Gasteiger partial charge in [0.05, 0.1) is 0 Å². The lowest BCUT2D eigenvalue weighted by Crippen LogP contribution is -2.26. The van der Waals surface area contributed by atoms with Gasteiger partial charge in [0.2, 0.25) is 0 Å². The zero-order valence-corrected chi connectivity index (χ0v) is 7.81. The topological polar surface area (TPSA) is 17.1 Å². The lowest BCUT2D eigenvalue weighted by atomic mass is 9.71. The lowest BCUT2D eigenvalue weighted by molar-refractivity contribution is -0.122. The minimum atomic E-state index is 0.360. The maximum Gasteiger partial charge on any atom is 0.132 e. The Morgan fingerprint density at radius 2 is 2.09 bits per heavy atom. The Kier molecular flexibility index (Phi) is 2.36. The number of hydrogen-bond acceptors (Lipinski definition) is 1. The summed E-state index contributed by atoms with van der Waals surface area (Å²) in [5.41, 5.74) is 0.411. The molecule has 1 atom stereocenters. The molecule has 0 aromatic rings. The molecule has 1 saturated carbocycles. The number of hydrogen-bond donors (Lipinski definition) is 0. The van der Waals surface area contributed by atoms with Crippen molar-refractivity contribution in [1.82, 2.24) is 0 Å². The Hall–Kier alpha value is -0.330. The lowest BCUT2D eigenvalue weighted by Gasteiger charge is -2.33. The molecule has 0 unspecified atom stereocenters. The van der Waals surface area contributed by atoms with Crippen LogP contribution in [0.15, 0.2) is 0 Å². The van der Waals surface area contributed by atoms with Crippen LogP contribution < -0.4 is 0 Å². The van der Waals surface area contributed by atoms with Gasteiger partial charge in [-0.3, -0.25) is 4.79 Å². The van der Waals surface area contributed by atoms with Gasteiger partial charge in [0, 0.05) is 5.92 Å². The van der Waals surface area contributed by atoms with Gasteiger partial charge in [0.25, 0.3) is 0 Å². The van der Waals surface area contributed by atoms with E-state index in [2.05, 4.69) is 13.8 Å². The average molecular weight is 154 g/mol. The maximum absolute atomic E-state index is 11.1. The van der Waals surface area contributed by atoms with Crippen molar-refractivity contribution in [3.05, 3.63) is 0 Å². The second-order valence-corrected chi connectivity index (χ2v) is 4.57. The first-order valence-corrected chi connectivity index (χ1v) is 4.52. The third-order valence-corrected chi connectivity index (χ3v) is 2.78. The van der Waals surface area contributed by atoms with Crippen LogP contribution in [0.2, 0.25) is 0 Å². The van der Waals surface area contributed by atoms with Crippen LogP contribution in [-0.4, -0.2) is 5.78 Å². The number of carbonyl (C=O) groups excluding carboxylic acids is 1. The molecule has 1 heteroatoms. The van der Waals surface area contributed by atoms with Crippen LogP contribution >= 0.6 is 0 Å². The molecule has 0 bridgehead atoms. The van der Waals surface area contributed by atoms with E-state index in [-0.39, 0.29) is 0 Å². The van der Waals surface area contributed by atoms with Gasteiger partial charge in [-0.25, -0.2) is 0 Å². The number of rotatable bonds is 1. The van der Waals surface area contributed by atoms with Gasteiger partial charge >= 0.3 is 0 Å². The van der Waals surface area contributed by atoms with Gasteiger partial charge in [-0.1, -0.05) is 20.3 Å². The second-order valence-electron chi connectivity index (χ2n) is 4.57. The minimum absolute atomic E-state index is 0.360. The molecule has 0 heterocycles. The summed E-state index contributed by atoms with van der Waals surface area (Å²) in [6, 6.07) is 0. The zero-order valence-electron chi connectivity index (χ0n) is 7.81. The first-order chi connectivity index (χ1) is 5.01. The summed E-state index contributed by atoms with van der Waals surface area (Å²) >= 11 is 0. The van der Waals surface area contributed by atoms with Gasteiger partial charge in [-0.15, -0.1) is 0 Å². The van der Waals surface area contributed by atoms with E-state index in [0.717, 1.165) is 12.8 Å². The molecule has 0 aliphatic heterocycles.